The lowest BCUT2D eigenvalue weighted by Gasteiger charge is -2.35. The van der Waals surface area contributed by atoms with Gasteiger partial charge in [-0.3, -0.25) is 14.7 Å². The van der Waals surface area contributed by atoms with E-state index in [0.29, 0.717) is 11.3 Å². The maximum Gasteiger partial charge on any atom is 0.416 e. The van der Waals surface area contributed by atoms with E-state index in [1.807, 2.05) is 42.5 Å². The monoisotopic (exact) mass is 500 g/mol. The van der Waals surface area contributed by atoms with E-state index in [4.69, 9.17) is 0 Å². The minimum atomic E-state index is -4.43. The topological polar surface area (TPSA) is 48.5 Å². The van der Waals surface area contributed by atoms with E-state index in [2.05, 4.69) is 20.1 Å². The van der Waals surface area contributed by atoms with Crippen molar-refractivity contribution in [2.24, 2.45) is 0 Å². The highest BCUT2D eigenvalue weighted by atomic mass is 32.2. The highest BCUT2D eigenvalue weighted by molar-refractivity contribution is 7.98. The fourth-order valence-corrected chi connectivity index (χ4v) is 4.94. The van der Waals surface area contributed by atoms with Crippen molar-refractivity contribution in [3.63, 3.8) is 0 Å². The molecule has 5 nitrogen and oxygen atoms in total. The van der Waals surface area contributed by atoms with Gasteiger partial charge >= 0.3 is 6.18 Å². The molecule has 2 aromatic carbocycles. The number of carbonyl (C=O) groups excluding carboxylic acids is 1. The molecule has 0 saturated carbocycles. The number of pyridine rings is 1. The molecule has 0 unspecified atom stereocenters. The van der Waals surface area contributed by atoms with Gasteiger partial charge in [-0.25, -0.2) is 0 Å². The Morgan fingerprint density at radius 2 is 1.69 bits per heavy atom. The third-order valence-corrected chi connectivity index (χ3v) is 7.06. The summed E-state index contributed by atoms with van der Waals surface area (Å²) in [4.78, 5) is 21.7. The predicted octanol–water partition coefficient (Wildman–Crippen LogP) is 4.83. The number of rotatable bonds is 8. The van der Waals surface area contributed by atoms with Crippen molar-refractivity contribution in [1.29, 1.82) is 0 Å². The Balaban J connectivity index is 1.33. The highest BCUT2D eigenvalue weighted by Crippen LogP contribution is 2.34. The zero-order chi connectivity index (χ0) is 24.7. The van der Waals surface area contributed by atoms with Gasteiger partial charge in [0.15, 0.2) is 0 Å². The molecular formula is C26H27F3N4OS. The second-order valence-corrected chi connectivity index (χ2v) is 9.36. The summed E-state index contributed by atoms with van der Waals surface area (Å²) >= 11 is 1.47. The first kappa shape index (κ1) is 25.1. The number of aromatic nitrogens is 1. The van der Waals surface area contributed by atoms with Crippen molar-refractivity contribution >= 4 is 23.4 Å². The third kappa shape index (κ3) is 7.22. The summed E-state index contributed by atoms with van der Waals surface area (Å²) in [5, 5.41) is 2.82. The molecule has 1 fully saturated rings. The number of hydrogen-bond acceptors (Lipinski definition) is 5. The Kier molecular flexibility index (Phi) is 8.30. The van der Waals surface area contributed by atoms with Gasteiger partial charge in [0.2, 0.25) is 5.91 Å². The molecule has 0 spiro atoms. The fraction of sp³-hybridized carbons (Fsp3) is 0.308. The number of alkyl halides is 3. The first-order valence-electron chi connectivity index (χ1n) is 11.4. The van der Waals surface area contributed by atoms with Crippen LogP contribution in [-0.4, -0.2) is 48.5 Å². The van der Waals surface area contributed by atoms with Crippen LogP contribution in [0.5, 0.6) is 0 Å². The largest absolute Gasteiger partial charge is 0.416 e. The molecule has 0 bridgehead atoms. The minimum absolute atomic E-state index is 0.0524. The fourth-order valence-electron chi connectivity index (χ4n) is 3.94. The van der Waals surface area contributed by atoms with E-state index >= 15 is 0 Å². The van der Waals surface area contributed by atoms with Gasteiger partial charge < -0.3 is 10.2 Å². The first-order chi connectivity index (χ1) is 16.9. The van der Waals surface area contributed by atoms with E-state index in [9.17, 15) is 18.0 Å². The summed E-state index contributed by atoms with van der Waals surface area (Å²) < 4.78 is 39.9. The van der Waals surface area contributed by atoms with Crippen molar-refractivity contribution < 1.29 is 18.0 Å². The summed E-state index contributed by atoms with van der Waals surface area (Å²) in [5.74, 6) is 0.438. The summed E-state index contributed by atoms with van der Waals surface area (Å²) in [7, 11) is 0. The van der Waals surface area contributed by atoms with Gasteiger partial charge in [-0.1, -0.05) is 30.3 Å². The predicted molar refractivity (Wildman–Crippen MR) is 132 cm³/mol. The van der Waals surface area contributed by atoms with E-state index in [1.54, 1.807) is 12.4 Å². The Morgan fingerprint density at radius 1 is 0.971 bits per heavy atom. The average molecular weight is 501 g/mol. The number of nitrogens with zero attached hydrogens (tertiary/aromatic N) is 3. The van der Waals surface area contributed by atoms with E-state index in [-0.39, 0.29) is 19.0 Å². The lowest BCUT2D eigenvalue weighted by Crippen LogP contribution is -2.49. The SMILES string of the molecule is O=C(CN1CCN(c2ccncc2)CC1)NCc1cc(C(F)(F)F)ccc1SCc1ccccc1. The van der Waals surface area contributed by atoms with Crippen molar-refractivity contribution in [2.45, 2.75) is 23.4 Å². The summed E-state index contributed by atoms with van der Waals surface area (Å²) in [6.07, 6.45) is -0.916. The molecule has 2 heterocycles. The Bertz CT molecular complexity index is 1100. The molecule has 184 valence electrons. The van der Waals surface area contributed by atoms with Gasteiger partial charge in [0.1, 0.15) is 0 Å². The standard InChI is InChI=1S/C26H27F3N4OS/c27-26(28,29)22-6-7-24(35-19-20-4-2-1-3-5-20)21(16-22)17-31-25(34)18-32-12-14-33(15-13-32)23-8-10-30-11-9-23/h1-11,16H,12-15,17-19H2,(H,31,34). The smallest absolute Gasteiger partial charge is 0.369 e. The Labute approximate surface area is 207 Å². The quantitative estimate of drug-likeness (QED) is 0.449. The number of hydrogen-bond donors (Lipinski definition) is 1. The van der Waals surface area contributed by atoms with Crippen LogP contribution in [0.15, 0.2) is 78.0 Å². The zero-order valence-corrected chi connectivity index (χ0v) is 20.0. The number of amides is 1. The second-order valence-electron chi connectivity index (χ2n) is 8.34. The Hall–Kier alpha value is -3.04. The van der Waals surface area contributed by atoms with Gasteiger partial charge in [-0.15, -0.1) is 11.8 Å². The summed E-state index contributed by atoms with van der Waals surface area (Å²) in [6.45, 7) is 3.33. The Morgan fingerprint density at radius 3 is 2.37 bits per heavy atom. The van der Waals surface area contributed by atoms with E-state index in [1.165, 1.54) is 17.8 Å². The third-order valence-electron chi connectivity index (χ3n) is 5.87. The number of piperazine rings is 1. The van der Waals surface area contributed by atoms with Crippen LogP contribution >= 0.6 is 11.8 Å². The van der Waals surface area contributed by atoms with Crippen molar-refractivity contribution in [3.8, 4) is 0 Å². The maximum absolute atomic E-state index is 13.3. The minimum Gasteiger partial charge on any atom is -0.369 e. The molecule has 1 aliphatic rings. The lowest BCUT2D eigenvalue weighted by molar-refractivity contribution is -0.137. The molecule has 1 aromatic heterocycles. The normalized spacial score (nSPS) is 14.7. The molecular weight excluding hydrogens is 473 g/mol. The van der Waals surface area contributed by atoms with Crippen LogP contribution in [0.3, 0.4) is 0 Å². The molecule has 1 amide bonds. The van der Waals surface area contributed by atoms with Crippen LogP contribution in [0.25, 0.3) is 0 Å². The molecule has 1 aliphatic heterocycles. The molecule has 1 saturated heterocycles. The first-order valence-corrected chi connectivity index (χ1v) is 12.4. The van der Waals surface area contributed by atoms with Gasteiger partial charge in [-0.05, 0) is 41.5 Å². The number of nitrogens with one attached hydrogen (secondary N) is 1. The van der Waals surface area contributed by atoms with Crippen molar-refractivity contribution in [3.05, 3.63) is 89.7 Å². The summed E-state index contributed by atoms with van der Waals surface area (Å²) in [6, 6.07) is 17.4. The second kappa shape index (κ2) is 11.6. The lowest BCUT2D eigenvalue weighted by atomic mass is 10.1. The van der Waals surface area contributed by atoms with Crippen LogP contribution in [-0.2, 0) is 23.3 Å². The van der Waals surface area contributed by atoms with E-state index in [0.717, 1.165) is 54.5 Å². The molecule has 0 aliphatic carbocycles. The van der Waals surface area contributed by atoms with Crippen LogP contribution in [0.1, 0.15) is 16.7 Å². The molecule has 1 N–H and O–H groups in total. The number of anilines is 1. The average Bonchev–Trinajstić information content (AvgIpc) is 2.87. The molecule has 0 radical (unpaired) electrons. The van der Waals surface area contributed by atoms with Crippen LogP contribution in [0, 0.1) is 0 Å². The van der Waals surface area contributed by atoms with E-state index < -0.39 is 11.7 Å². The number of thioether (sulfide) groups is 1. The zero-order valence-electron chi connectivity index (χ0n) is 19.2. The number of benzene rings is 2. The summed E-state index contributed by atoms with van der Waals surface area (Å²) in [5.41, 5.74) is 1.95. The van der Waals surface area contributed by atoms with Gasteiger partial charge in [0, 0.05) is 61.5 Å². The molecule has 4 rings (SSSR count). The van der Waals surface area contributed by atoms with Gasteiger partial charge in [0.25, 0.3) is 0 Å². The van der Waals surface area contributed by atoms with Crippen molar-refractivity contribution in [1.82, 2.24) is 15.2 Å². The molecule has 0 atom stereocenters. The van der Waals surface area contributed by atoms with Gasteiger partial charge in [0.05, 0.1) is 12.1 Å². The molecule has 3 aromatic rings. The highest BCUT2D eigenvalue weighted by Gasteiger charge is 2.31. The number of carbonyl (C=O) groups is 1. The maximum atomic E-state index is 13.3. The van der Waals surface area contributed by atoms with Gasteiger partial charge in [-0.2, -0.15) is 13.2 Å². The van der Waals surface area contributed by atoms with Crippen LogP contribution < -0.4 is 10.2 Å². The number of halogens is 3. The molecule has 35 heavy (non-hydrogen) atoms. The van der Waals surface area contributed by atoms with Crippen molar-refractivity contribution in [2.75, 3.05) is 37.6 Å². The molecule has 9 heteroatoms. The van der Waals surface area contributed by atoms with Crippen LogP contribution in [0.4, 0.5) is 18.9 Å². The van der Waals surface area contributed by atoms with Crippen LogP contribution in [0.2, 0.25) is 0 Å².